The normalized spacial score (nSPS) is 14.9. The van der Waals surface area contributed by atoms with Gasteiger partial charge in [-0.05, 0) is 37.5 Å². The van der Waals surface area contributed by atoms with Crippen LogP contribution in [0.15, 0.2) is 33.7 Å². The van der Waals surface area contributed by atoms with Crippen LogP contribution in [0.4, 0.5) is 16.0 Å². The zero-order valence-corrected chi connectivity index (χ0v) is 18.1. The topological polar surface area (TPSA) is 100 Å². The first kappa shape index (κ1) is 20.4. The summed E-state index contributed by atoms with van der Waals surface area (Å²) in [6.07, 6.45) is 4.61. The van der Waals surface area contributed by atoms with Crippen molar-refractivity contribution in [2.24, 2.45) is 7.05 Å². The van der Waals surface area contributed by atoms with E-state index < -0.39 is 5.82 Å². The number of aromatic nitrogens is 5. The third-order valence-electron chi connectivity index (χ3n) is 5.84. The Bertz CT molecular complexity index is 1370. The fraction of sp³-hybridized carbons (Fsp3) is 0.364. The van der Waals surface area contributed by atoms with E-state index in [9.17, 15) is 9.18 Å². The van der Waals surface area contributed by atoms with Crippen molar-refractivity contribution in [2.75, 3.05) is 18.5 Å². The molecule has 32 heavy (non-hydrogen) atoms. The smallest absolute Gasteiger partial charge is 0.330 e. The minimum absolute atomic E-state index is 0.0199. The van der Waals surface area contributed by atoms with Gasteiger partial charge in [-0.3, -0.25) is 9.13 Å². The number of nitrogens with one attached hydrogen (secondary N) is 1. The molecule has 4 aromatic rings. The summed E-state index contributed by atoms with van der Waals surface area (Å²) in [4.78, 5) is 25.9. The second-order valence-corrected chi connectivity index (χ2v) is 7.97. The zero-order valence-electron chi connectivity index (χ0n) is 18.1. The molecule has 0 spiro atoms. The number of hydrogen-bond acceptors (Lipinski definition) is 7. The van der Waals surface area contributed by atoms with E-state index in [-0.39, 0.29) is 17.7 Å². The Kier molecular flexibility index (Phi) is 5.01. The third kappa shape index (κ3) is 3.46. The molecule has 1 aromatic carbocycles. The maximum atomic E-state index is 14.8. The highest BCUT2D eigenvalue weighted by Gasteiger charge is 2.23. The van der Waals surface area contributed by atoms with E-state index in [0.29, 0.717) is 47.3 Å². The van der Waals surface area contributed by atoms with Crippen LogP contribution in [-0.2, 0) is 11.8 Å². The van der Waals surface area contributed by atoms with Gasteiger partial charge in [0.05, 0.1) is 18.0 Å². The molecule has 1 N–H and O–H groups in total. The third-order valence-corrected chi connectivity index (χ3v) is 5.84. The Morgan fingerprint density at radius 2 is 1.94 bits per heavy atom. The Morgan fingerprint density at radius 3 is 2.66 bits per heavy atom. The number of halogens is 1. The van der Waals surface area contributed by atoms with E-state index in [1.807, 2.05) is 6.92 Å². The molecule has 0 saturated carbocycles. The fourth-order valence-corrected chi connectivity index (χ4v) is 4.08. The highest BCUT2D eigenvalue weighted by atomic mass is 19.1. The second-order valence-electron chi connectivity index (χ2n) is 7.97. The van der Waals surface area contributed by atoms with Crippen molar-refractivity contribution >= 4 is 22.8 Å². The maximum absolute atomic E-state index is 14.8. The van der Waals surface area contributed by atoms with Gasteiger partial charge in [0.2, 0.25) is 5.95 Å². The van der Waals surface area contributed by atoms with Crippen molar-refractivity contribution in [1.29, 1.82) is 0 Å². The van der Waals surface area contributed by atoms with E-state index in [1.54, 1.807) is 35.4 Å². The van der Waals surface area contributed by atoms with Gasteiger partial charge in [0.25, 0.3) is 0 Å². The summed E-state index contributed by atoms with van der Waals surface area (Å²) >= 11 is 0. The second kappa shape index (κ2) is 7.86. The molecule has 0 amide bonds. The molecule has 1 fully saturated rings. The van der Waals surface area contributed by atoms with Crippen molar-refractivity contribution in [3.05, 3.63) is 52.3 Å². The summed E-state index contributed by atoms with van der Waals surface area (Å²) < 4.78 is 29.0. The summed E-state index contributed by atoms with van der Waals surface area (Å²) in [5.41, 5.74) is 2.71. The minimum atomic E-state index is -0.450. The molecular weight excluding hydrogens is 415 g/mol. The first-order chi connectivity index (χ1) is 15.4. The summed E-state index contributed by atoms with van der Waals surface area (Å²) in [5, 5.41) is 3.09. The van der Waals surface area contributed by atoms with Gasteiger partial charge in [-0.15, -0.1) is 0 Å². The standard InChI is InChI=1S/C22H23FN6O3/c1-12-8-15(19-11-24-13(2)32-19)16(23)9-17(12)26-21-25-10-18-20(27-21)29(22(30)28(18)3)14-4-6-31-7-5-14/h8-11,14H,4-7H2,1-3H3,(H,25,26,27). The number of oxazole rings is 1. The van der Waals surface area contributed by atoms with Crippen molar-refractivity contribution in [2.45, 2.75) is 32.7 Å². The Hall–Kier alpha value is -3.53. The number of benzene rings is 1. The molecule has 0 aliphatic carbocycles. The van der Waals surface area contributed by atoms with Crippen LogP contribution in [0.1, 0.15) is 30.3 Å². The minimum Gasteiger partial charge on any atom is -0.441 e. The number of aryl methyl sites for hydroxylation is 3. The maximum Gasteiger partial charge on any atom is 0.330 e. The number of hydrogen-bond donors (Lipinski definition) is 1. The van der Waals surface area contributed by atoms with Crippen LogP contribution >= 0.6 is 0 Å². The van der Waals surface area contributed by atoms with E-state index in [4.69, 9.17) is 9.15 Å². The number of imidazole rings is 1. The lowest BCUT2D eigenvalue weighted by Gasteiger charge is -2.22. The van der Waals surface area contributed by atoms with Gasteiger partial charge in [-0.2, -0.15) is 4.98 Å². The predicted molar refractivity (Wildman–Crippen MR) is 117 cm³/mol. The summed E-state index contributed by atoms with van der Waals surface area (Å²) in [7, 11) is 1.71. The first-order valence-electron chi connectivity index (χ1n) is 10.4. The van der Waals surface area contributed by atoms with Crippen molar-refractivity contribution in [3.8, 4) is 11.3 Å². The van der Waals surface area contributed by atoms with Crippen LogP contribution < -0.4 is 11.0 Å². The number of anilines is 2. The van der Waals surface area contributed by atoms with Gasteiger partial charge in [0.15, 0.2) is 17.3 Å². The van der Waals surface area contributed by atoms with Gasteiger partial charge in [-0.25, -0.2) is 19.2 Å². The average molecular weight is 438 g/mol. The van der Waals surface area contributed by atoms with Crippen LogP contribution in [0.25, 0.3) is 22.5 Å². The van der Waals surface area contributed by atoms with Crippen LogP contribution in [0, 0.1) is 19.7 Å². The van der Waals surface area contributed by atoms with Crippen molar-refractivity contribution in [3.63, 3.8) is 0 Å². The van der Waals surface area contributed by atoms with Gasteiger partial charge >= 0.3 is 5.69 Å². The van der Waals surface area contributed by atoms with E-state index >= 15 is 0 Å². The molecule has 4 heterocycles. The number of nitrogens with zero attached hydrogens (tertiary/aromatic N) is 5. The molecule has 9 nitrogen and oxygen atoms in total. The van der Waals surface area contributed by atoms with E-state index in [1.165, 1.54) is 12.3 Å². The van der Waals surface area contributed by atoms with Gasteiger partial charge in [0.1, 0.15) is 11.3 Å². The lowest BCUT2D eigenvalue weighted by molar-refractivity contribution is 0.0695. The van der Waals surface area contributed by atoms with E-state index in [2.05, 4.69) is 20.3 Å². The first-order valence-corrected chi connectivity index (χ1v) is 10.4. The highest BCUT2D eigenvalue weighted by Crippen LogP contribution is 2.30. The Labute approximate surface area is 182 Å². The molecule has 1 saturated heterocycles. The molecule has 5 rings (SSSR count). The van der Waals surface area contributed by atoms with Crippen molar-refractivity contribution in [1.82, 2.24) is 24.1 Å². The molecule has 0 atom stereocenters. The number of rotatable bonds is 4. The fourth-order valence-electron chi connectivity index (χ4n) is 4.08. The van der Waals surface area contributed by atoms with Gasteiger partial charge in [0, 0.05) is 38.9 Å². The predicted octanol–water partition coefficient (Wildman–Crippen LogP) is 3.64. The molecule has 3 aromatic heterocycles. The number of ether oxygens (including phenoxy) is 1. The molecule has 0 radical (unpaired) electrons. The number of fused-ring (bicyclic) bond motifs is 1. The average Bonchev–Trinajstić information content (AvgIpc) is 3.32. The Balaban J connectivity index is 1.52. The molecule has 1 aliphatic heterocycles. The highest BCUT2D eigenvalue weighted by molar-refractivity contribution is 5.74. The molecule has 166 valence electrons. The lowest BCUT2D eigenvalue weighted by atomic mass is 10.1. The summed E-state index contributed by atoms with van der Waals surface area (Å²) in [6.45, 7) is 4.78. The molecule has 10 heteroatoms. The molecule has 0 unspecified atom stereocenters. The van der Waals surface area contributed by atoms with Crippen LogP contribution in [0.2, 0.25) is 0 Å². The van der Waals surface area contributed by atoms with Crippen LogP contribution in [0.3, 0.4) is 0 Å². The van der Waals surface area contributed by atoms with E-state index in [0.717, 1.165) is 18.4 Å². The SMILES string of the molecule is Cc1ncc(-c2cc(C)c(Nc3ncc4c(n3)n(C3CCOCC3)c(=O)n4C)cc2F)o1. The largest absolute Gasteiger partial charge is 0.441 e. The lowest BCUT2D eigenvalue weighted by Crippen LogP contribution is -2.30. The quantitative estimate of drug-likeness (QED) is 0.519. The zero-order chi connectivity index (χ0) is 22.4. The monoisotopic (exact) mass is 438 g/mol. The van der Waals surface area contributed by atoms with Crippen LogP contribution in [0.5, 0.6) is 0 Å². The van der Waals surface area contributed by atoms with Gasteiger partial charge < -0.3 is 14.5 Å². The van der Waals surface area contributed by atoms with Crippen molar-refractivity contribution < 1.29 is 13.5 Å². The Morgan fingerprint density at radius 1 is 1.16 bits per heavy atom. The van der Waals surface area contributed by atoms with Crippen LogP contribution in [-0.4, -0.2) is 37.3 Å². The summed E-state index contributed by atoms with van der Waals surface area (Å²) in [5.74, 6) is 0.681. The molecular formula is C22H23FN6O3. The van der Waals surface area contributed by atoms with Gasteiger partial charge in [-0.1, -0.05) is 0 Å². The molecule has 1 aliphatic rings. The molecule has 0 bridgehead atoms. The summed E-state index contributed by atoms with van der Waals surface area (Å²) in [6, 6.07) is 3.09.